The highest BCUT2D eigenvalue weighted by Gasteiger charge is 2.27. The van der Waals surface area contributed by atoms with Gasteiger partial charge in [0, 0.05) is 23.9 Å². The highest BCUT2D eigenvalue weighted by atomic mass is 32.2. The van der Waals surface area contributed by atoms with Crippen molar-refractivity contribution in [3.05, 3.63) is 29.8 Å². The van der Waals surface area contributed by atoms with Crippen LogP contribution in [0.5, 0.6) is 5.75 Å². The molecule has 1 fully saturated rings. The van der Waals surface area contributed by atoms with Crippen LogP contribution < -0.4 is 10.1 Å². The molecular formula is C13H16F3NOS. The molecule has 1 saturated carbocycles. The highest BCUT2D eigenvalue weighted by molar-refractivity contribution is 8.00. The summed E-state index contributed by atoms with van der Waals surface area (Å²) in [5, 5.41) is 3.36. The molecule has 1 aromatic rings. The highest BCUT2D eigenvalue weighted by Crippen LogP contribution is 2.30. The molecule has 0 amide bonds. The summed E-state index contributed by atoms with van der Waals surface area (Å²) in [6.45, 7) is 0.762. The smallest absolute Gasteiger partial charge is 0.441 e. The van der Waals surface area contributed by atoms with Crippen LogP contribution in [0.15, 0.2) is 24.3 Å². The van der Waals surface area contributed by atoms with Crippen molar-refractivity contribution >= 4 is 11.8 Å². The van der Waals surface area contributed by atoms with Gasteiger partial charge >= 0.3 is 5.51 Å². The first-order chi connectivity index (χ1) is 9.04. The molecule has 0 aromatic heterocycles. The lowest BCUT2D eigenvalue weighted by molar-refractivity contribution is -0.0329. The third kappa shape index (κ3) is 5.74. The standard InChI is InChI=1S/C13H16F3NOS/c14-13(15,16)19-8-7-18-12-4-2-1-3-10(12)9-17-11-5-6-11/h1-4,11,17H,5-9H2. The molecule has 0 saturated heterocycles. The van der Waals surface area contributed by atoms with Gasteiger partial charge in [-0.3, -0.25) is 0 Å². The van der Waals surface area contributed by atoms with E-state index in [0.717, 1.165) is 5.56 Å². The molecule has 1 aromatic carbocycles. The van der Waals surface area contributed by atoms with Crippen LogP contribution in [0.4, 0.5) is 13.2 Å². The first-order valence-electron chi connectivity index (χ1n) is 6.19. The lowest BCUT2D eigenvalue weighted by Gasteiger charge is -2.12. The number of ether oxygens (including phenoxy) is 1. The number of para-hydroxylation sites is 1. The van der Waals surface area contributed by atoms with Crippen molar-refractivity contribution in [1.82, 2.24) is 5.32 Å². The van der Waals surface area contributed by atoms with Gasteiger partial charge in [-0.05, 0) is 30.7 Å². The Morgan fingerprint density at radius 3 is 2.68 bits per heavy atom. The molecule has 0 bridgehead atoms. The molecule has 0 atom stereocenters. The molecule has 0 heterocycles. The van der Waals surface area contributed by atoms with E-state index in [9.17, 15) is 13.2 Å². The summed E-state index contributed by atoms with van der Waals surface area (Å²) in [5.74, 6) is 0.576. The third-order valence-corrected chi connectivity index (χ3v) is 3.44. The third-order valence-electron chi connectivity index (χ3n) is 2.74. The molecule has 1 aliphatic carbocycles. The van der Waals surface area contributed by atoms with E-state index in [1.165, 1.54) is 12.8 Å². The fourth-order valence-corrected chi connectivity index (χ4v) is 2.04. The average molecular weight is 291 g/mol. The molecule has 2 rings (SSSR count). The van der Waals surface area contributed by atoms with Crippen LogP contribution in [-0.4, -0.2) is 23.9 Å². The van der Waals surface area contributed by atoms with E-state index in [1.807, 2.05) is 18.2 Å². The largest absolute Gasteiger partial charge is 0.492 e. The number of alkyl halides is 3. The Labute approximate surface area is 114 Å². The first kappa shape index (κ1) is 14.5. The number of rotatable bonds is 7. The molecule has 1 N–H and O–H groups in total. The van der Waals surface area contributed by atoms with Crippen molar-refractivity contribution in [2.75, 3.05) is 12.4 Å². The van der Waals surface area contributed by atoms with Crippen molar-refractivity contribution < 1.29 is 17.9 Å². The quantitative estimate of drug-likeness (QED) is 0.776. The normalized spacial score (nSPS) is 15.5. The predicted octanol–water partition coefficient (Wildman–Crippen LogP) is 3.57. The second-order valence-electron chi connectivity index (χ2n) is 4.41. The summed E-state index contributed by atoms with van der Waals surface area (Å²) in [7, 11) is 0. The van der Waals surface area contributed by atoms with E-state index in [4.69, 9.17) is 4.74 Å². The molecule has 0 spiro atoms. The van der Waals surface area contributed by atoms with Crippen LogP contribution in [0.2, 0.25) is 0 Å². The van der Waals surface area contributed by atoms with E-state index in [0.29, 0.717) is 18.3 Å². The van der Waals surface area contributed by atoms with Crippen molar-refractivity contribution in [2.45, 2.75) is 30.9 Å². The summed E-state index contributed by atoms with van der Waals surface area (Å²) < 4.78 is 41.3. The number of benzene rings is 1. The van der Waals surface area contributed by atoms with Crippen molar-refractivity contribution in [1.29, 1.82) is 0 Å². The number of thioether (sulfide) groups is 1. The molecule has 106 valence electrons. The van der Waals surface area contributed by atoms with Crippen LogP contribution in [0.25, 0.3) is 0 Å². The minimum atomic E-state index is -4.18. The van der Waals surface area contributed by atoms with Gasteiger partial charge < -0.3 is 10.1 Å². The van der Waals surface area contributed by atoms with Gasteiger partial charge in [0.15, 0.2) is 0 Å². The Morgan fingerprint density at radius 1 is 1.26 bits per heavy atom. The molecular weight excluding hydrogens is 275 g/mol. The monoisotopic (exact) mass is 291 g/mol. The summed E-state index contributed by atoms with van der Waals surface area (Å²) in [6, 6.07) is 8.05. The maximum absolute atomic E-state index is 12.0. The molecule has 6 heteroatoms. The van der Waals surface area contributed by atoms with Gasteiger partial charge in [-0.25, -0.2) is 0 Å². The van der Waals surface area contributed by atoms with E-state index >= 15 is 0 Å². The van der Waals surface area contributed by atoms with Gasteiger partial charge in [-0.1, -0.05) is 18.2 Å². The van der Waals surface area contributed by atoms with Crippen LogP contribution in [0.3, 0.4) is 0 Å². The summed E-state index contributed by atoms with van der Waals surface area (Å²) >= 11 is -0.0537. The Kier molecular flexibility index (Phi) is 4.99. The van der Waals surface area contributed by atoms with Gasteiger partial charge in [-0.2, -0.15) is 13.2 Å². The number of hydrogen-bond donors (Lipinski definition) is 1. The molecule has 0 radical (unpaired) electrons. The van der Waals surface area contributed by atoms with E-state index < -0.39 is 5.51 Å². The lowest BCUT2D eigenvalue weighted by Crippen LogP contribution is -2.16. The van der Waals surface area contributed by atoms with Crippen LogP contribution in [0, 0.1) is 0 Å². The van der Waals surface area contributed by atoms with Crippen molar-refractivity contribution in [3.63, 3.8) is 0 Å². The zero-order chi connectivity index (χ0) is 13.7. The van der Waals surface area contributed by atoms with E-state index in [2.05, 4.69) is 5.32 Å². The number of nitrogens with one attached hydrogen (secondary N) is 1. The lowest BCUT2D eigenvalue weighted by atomic mass is 10.2. The van der Waals surface area contributed by atoms with E-state index in [1.54, 1.807) is 6.07 Å². The SMILES string of the molecule is FC(F)(F)SCCOc1ccccc1CNC1CC1. The van der Waals surface area contributed by atoms with Gasteiger partial charge in [-0.15, -0.1) is 0 Å². The molecule has 2 nitrogen and oxygen atoms in total. The average Bonchev–Trinajstić information content (AvgIpc) is 3.16. The molecule has 0 unspecified atom stereocenters. The number of halogens is 3. The zero-order valence-electron chi connectivity index (χ0n) is 10.4. The maximum Gasteiger partial charge on any atom is 0.441 e. The number of hydrogen-bond acceptors (Lipinski definition) is 3. The minimum absolute atomic E-state index is 0.0537. The van der Waals surface area contributed by atoms with Crippen LogP contribution in [-0.2, 0) is 6.54 Å². The topological polar surface area (TPSA) is 21.3 Å². The molecule has 1 aliphatic rings. The molecule has 0 aliphatic heterocycles. The van der Waals surface area contributed by atoms with Crippen LogP contribution >= 0.6 is 11.8 Å². The Morgan fingerprint density at radius 2 is 2.00 bits per heavy atom. The first-order valence-corrected chi connectivity index (χ1v) is 7.18. The van der Waals surface area contributed by atoms with Gasteiger partial charge in [0.2, 0.25) is 0 Å². The maximum atomic E-state index is 12.0. The fourth-order valence-electron chi connectivity index (χ4n) is 1.64. The second-order valence-corrected chi connectivity index (χ2v) is 5.57. The Bertz CT molecular complexity index is 407. The fraction of sp³-hybridized carbons (Fsp3) is 0.538. The summed E-state index contributed by atoms with van der Waals surface area (Å²) in [4.78, 5) is 0. The Balaban J connectivity index is 1.77. The van der Waals surface area contributed by atoms with Gasteiger partial charge in [0.05, 0.1) is 6.61 Å². The van der Waals surface area contributed by atoms with Gasteiger partial charge in [0.25, 0.3) is 0 Å². The minimum Gasteiger partial charge on any atom is -0.492 e. The predicted molar refractivity (Wildman–Crippen MR) is 70.3 cm³/mol. The second kappa shape index (κ2) is 6.52. The molecule has 19 heavy (non-hydrogen) atoms. The van der Waals surface area contributed by atoms with E-state index in [-0.39, 0.29) is 24.1 Å². The van der Waals surface area contributed by atoms with Crippen molar-refractivity contribution in [2.24, 2.45) is 0 Å². The Hall–Kier alpha value is -0.880. The zero-order valence-corrected chi connectivity index (χ0v) is 11.2. The summed E-state index contributed by atoms with van der Waals surface area (Å²) in [5.41, 5.74) is -3.19. The van der Waals surface area contributed by atoms with Crippen LogP contribution in [0.1, 0.15) is 18.4 Å². The summed E-state index contributed by atoms with van der Waals surface area (Å²) in [6.07, 6.45) is 2.40. The van der Waals surface area contributed by atoms with Gasteiger partial charge in [0.1, 0.15) is 5.75 Å². The van der Waals surface area contributed by atoms with Crippen molar-refractivity contribution in [3.8, 4) is 5.75 Å².